The van der Waals surface area contributed by atoms with Gasteiger partial charge in [-0.25, -0.2) is 8.42 Å². The van der Waals surface area contributed by atoms with Crippen LogP contribution in [0.1, 0.15) is 11.1 Å². The van der Waals surface area contributed by atoms with Crippen molar-refractivity contribution in [2.75, 3.05) is 7.05 Å². The van der Waals surface area contributed by atoms with Crippen LogP contribution in [0.4, 0.5) is 0 Å². The minimum absolute atomic E-state index is 0.325. The Bertz CT molecular complexity index is 651. The zero-order valence-electron chi connectivity index (χ0n) is 11.1. The first kappa shape index (κ1) is 13.8. The van der Waals surface area contributed by atoms with Crippen molar-refractivity contribution in [3.05, 3.63) is 65.7 Å². The number of benzene rings is 2. The van der Waals surface area contributed by atoms with Crippen LogP contribution in [-0.4, -0.2) is 19.8 Å². The van der Waals surface area contributed by atoms with Crippen LogP contribution in [0.3, 0.4) is 0 Å². The standard InChI is InChI=1S/C15H17NO2S/c1-13-8-6-7-9-14(13)12-16(2)19(17,18)15-10-4-3-5-11-15/h3-11H,12H2,1-2H3. The lowest BCUT2D eigenvalue weighted by molar-refractivity contribution is 0.466. The number of hydrogen-bond acceptors (Lipinski definition) is 2. The van der Waals surface area contributed by atoms with Crippen LogP contribution >= 0.6 is 0 Å². The lowest BCUT2D eigenvalue weighted by atomic mass is 10.1. The molecule has 2 aromatic carbocycles. The molecular weight excluding hydrogens is 258 g/mol. The Morgan fingerprint density at radius 1 is 0.947 bits per heavy atom. The fourth-order valence-corrected chi connectivity index (χ4v) is 3.05. The monoisotopic (exact) mass is 275 g/mol. The maximum Gasteiger partial charge on any atom is 0.243 e. The van der Waals surface area contributed by atoms with Gasteiger partial charge in [0.1, 0.15) is 0 Å². The Hall–Kier alpha value is -1.65. The molecule has 2 aromatic rings. The molecule has 0 spiro atoms. The first-order chi connectivity index (χ1) is 9.01. The summed E-state index contributed by atoms with van der Waals surface area (Å²) in [5, 5.41) is 0. The highest BCUT2D eigenvalue weighted by molar-refractivity contribution is 7.89. The van der Waals surface area contributed by atoms with Crippen molar-refractivity contribution in [2.45, 2.75) is 18.4 Å². The van der Waals surface area contributed by atoms with E-state index in [1.807, 2.05) is 31.2 Å². The lowest BCUT2D eigenvalue weighted by Crippen LogP contribution is -2.26. The third-order valence-electron chi connectivity index (χ3n) is 3.11. The van der Waals surface area contributed by atoms with Gasteiger partial charge in [-0.3, -0.25) is 0 Å². The van der Waals surface area contributed by atoms with Gasteiger partial charge in [-0.15, -0.1) is 0 Å². The molecule has 0 bridgehead atoms. The van der Waals surface area contributed by atoms with E-state index in [0.29, 0.717) is 11.4 Å². The highest BCUT2D eigenvalue weighted by Crippen LogP contribution is 2.17. The van der Waals surface area contributed by atoms with Crippen LogP contribution < -0.4 is 0 Å². The summed E-state index contributed by atoms with van der Waals surface area (Å²) in [7, 11) is -1.81. The smallest absolute Gasteiger partial charge is 0.207 e. The second-order valence-electron chi connectivity index (χ2n) is 4.50. The average molecular weight is 275 g/mol. The SMILES string of the molecule is Cc1ccccc1CN(C)S(=O)(=O)c1ccccc1. The first-order valence-corrected chi connectivity index (χ1v) is 7.52. The van der Waals surface area contributed by atoms with Gasteiger partial charge in [0, 0.05) is 13.6 Å². The molecule has 0 saturated carbocycles. The van der Waals surface area contributed by atoms with Crippen LogP contribution in [0, 0.1) is 6.92 Å². The van der Waals surface area contributed by atoms with E-state index in [1.54, 1.807) is 37.4 Å². The molecule has 0 aliphatic heterocycles. The van der Waals surface area contributed by atoms with Gasteiger partial charge in [-0.2, -0.15) is 4.31 Å². The zero-order valence-corrected chi connectivity index (χ0v) is 11.9. The molecule has 0 saturated heterocycles. The van der Waals surface area contributed by atoms with Gasteiger partial charge in [-0.1, -0.05) is 42.5 Å². The Kier molecular flexibility index (Phi) is 4.02. The maximum atomic E-state index is 12.4. The minimum Gasteiger partial charge on any atom is -0.207 e. The summed E-state index contributed by atoms with van der Waals surface area (Å²) in [5.74, 6) is 0. The van der Waals surface area contributed by atoms with E-state index >= 15 is 0 Å². The molecule has 0 unspecified atom stereocenters. The molecule has 0 aliphatic carbocycles. The van der Waals surface area contributed by atoms with Crippen molar-refractivity contribution in [3.63, 3.8) is 0 Å². The van der Waals surface area contributed by atoms with Gasteiger partial charge >= 0.3 is 0 Å². The van der Waals surface area contributed by atoms with Crippen molar-refractivity contribution in [3.8, 4) is 0 Å². The highest BCUT2D eigenvalue weighted by atomic mass is 32.2. The second kappa shape index (κ2) is 5.55. The molecule has 0 fully saturated rings. The van der Waals surface area contributed by atoms with Gasteiger partial charge in [0.2, 0.25) is 10.0 Å². The normalized spacial score (nSPS) is 11.7. The van der Waals surface area contributed by atoms with E-state index < -0.39 is 10.0 Å². The Balaban J connectivity index is 2.26. The van der Waals surface area contributed by atoms with Gasteiger partial charge in [0.05, 0.1) is 4.90 Å². The van der Waals surface area contributed by atoms with Crippen molar-refractivity contribution in [1.82, 2.24) is 4.31 Å². The third kappa shape index (κ3) is 3.03. The van der Waals surface area contributed by atoms with Crippen molar-refractivity contribution < 1.29 is 8.42 Å². The molecule has 0 heterocycles. The minimum atomic E-state index is -3.42. The molecule has 0 aromatic heterocycles. The molecule has 2 rings (SSSR count). The Morgan fingerprint density at radius 2 is 1.53 bits per heavy atom. The summed E-state index contributed by atoms with van der Waals surface area (Å²) >= 11 is 0. The maximum absolute atomic E-state index is 12.4. The van der Waals surface area contributed by atoms with Gasteiger partial charge in [-0.05, 0) is 30.2 Å². The molecule has 0 aliphatic rings. The number of rotatable bonds is 4. The molecule has 19 heavy (non-hydrogen) atoms. The molecule has 4 heteroatoms. The topological polar surface area (TPSA) is 37.4 Å². The molecule has 3 nitrogen and oxygen atoms in total. The summed E-state index contributed by atoms with van der Waals surface area (Å²) in [5.41, 5.74) is 2.11. The van der Waals surface area contributed by atoms with Crippen LogP contribution in [0.25, 0.3) is 0 Å². The van der Waals surface area contributed by atoms with Crippen molar-refractivity contribution >= 4 is 10.0 Å². The predicted octanol–water partition coefficient (Wildman–Crippen LogP) is 2.82. The Labute approximate surface area is 114 Å². The van der Waals surface area contributed by atoms with Gasteiger partial charge < -0.3 is 0 Å². The van der Waals surface area contributed by atoms with E-state index in [1.165, 1.54) is 4.31 Å². The summed E-state index contributed by atoms with van der Waals surface area (Å²) in [6, 6.07) is 16.3. The van der Waals surface area contributed by atoms with Crippen molar-refractivity contribution in [2.24, 2.45) is 0 Å². The number of nitrogens with zero attached hydrogens (tertiary/aromatic N) is 1. The Morgan fingerprint density at radius 3 is 2.16 bits per heavy atom. The lowest BCUT2D eigenvalue weighted by Gasteiger charge is -2.18. The fraction of sp³-hybridized carbons (Fsp3) is 0.200. The number of hydrogen-bond donors (Lipinski definition) is 0. The molecule has 0 radical (unpaired) electrons. The van der Waals surface area contributed by atoms with E-state index in [4.69, 9.17) is 0 Å². The molecule has 100 valence electrons. The summed E-state index contributed by atoms with van der Waals surface area (Å²) in [6.45, 7) is 2.36. The van der Waals surface area contributed by atoms with E-state index in [-0.39, 0.29) is 0 Å². The van der Waals surface area contributed by atoms with Crippen LogP contribution in [0.15, 0.2) is 59.5 Å². The third-order valence-corrected chi connectivity index (χ3v) is 4.92. The van der Waals surface area contributed by atoms with E-state index in [0.717, 1.165) is 11.1 Å². The molecule has 0 atom stereocenters. The van der Waals surface area contributed by atoms with Crippen LogP contribution in [0.5, 0.6) is 0 Å². The summed E-state index contributed by atoms with van der Waals surface area (Å²) < 4.78 is 26.1. The second-order valence-corrected chi connectivity index (χ2v) is 6.55. The predicted molar refractivity (Wildman–Crippen MR) is 76.3 cm³/mol. The van der Waals surface area contributed by atoms with Crippen LogP contribution in [0.2, 0.25) is 0 Å². The average Bonchev–Trinajstić information content (AvgIpc) is 2.42. The molecular formula is C15H17NO2S. The number of sulfonamides is 1. The van der Waals surface area contributed by atoms with Gasteiger partial charge in [0.25, 0.3) is 0 Å². The molecule has 0 amide bonds. The highest BCUT2D eigenvalue weighted by Gasteiger charge is 2.20. The van der Waals surface area contributed by atoms with Gasteiger partial charge in [0.15, 0.2) is 0 Å². The quantitative estimate of drug-likeness (QED) is 0.860. The summed E-state index contributed by atoms with van der Waals surface area (Å²) in [4.78, 5) is 0.325. The van der Waals surface area contributed by atoms with Crippen LogP contribution in [-0.2, 0) is 16.6 Å². The number of aryl methyl sites for hydroxylation is 1. The zero-order chi connectivity index (χ0) is 13.9. The summed E-state index contributed by atoms with van der Waals surface area (Å²) in [6.07, 6.45) is 0. The largest absolute Gasteiger partial charge is 0.243 e. The van der Waals surface area contributed by atoms with Crippen molar-refractivity contribution in [1.29, 1.82) is 0 Å². The first-order valence-electron chi connectivity index (χ1n) is 6.08. The fourth-order valence-electron chi connectivity index (χ4n) is 1.88. The molecule has 0 N–H and O–H groups in total. The van der Waals surface area contributed by atoms with E-state index in [2.05, 4.69) is 0 Å². The van der Waals surface area contributed by atoms with E-state index in [9.17, 15) is 8.42 Å².